The van der Waals surface area contributed by atoms with E-state index in [0.717, 1.165) is 23.8 Å². The Morgan fingerprint density at radius 1 is 0.971 bits per heavy atom. The van der Waals surface area contributed by atoms with Gasteiger partial charge in [0.15, 0.2) is 0 Å². The van der Waals surface area contributed by atoms with Gasteiger partial charge in [-0.1, -0.05) is 71.2 Å². The number of alkyl halides is 3. The quantitative estimate of drug-likeness (QED) is 0.305. The summed E-state index contributed by atoms with van der Waals surface area (Å²) in [6.07, 6.45) is -3.81. The molecule has 35 heavy (non-hydrogen) atoms. The van der Waals surface area contributed by atoms with Gasteiger partial charge in [-0.3, -0.25) is 26.0 Å². The van der Waals surface area contributed by atoms with E-state index >= 15 is 0 Å². The molecule has 1 amide bonds. The number of benzene rings is 3. The van der Waals surface area contributed by atoms with Crippen molar-refractivity contribution in [2.45, 2.75) is 18.2 Å². The average molecular weight is 543 g/mol. The predicted octanol–water partition coefficient (Wildman–Crippen LogP) is 6.67. The SMILES string of the molecule is O=C(Cc1ccccc1)NNc1cc(C2=CC(c3cc(Cl)cc(Cl)c3)(C(F)(F)F)ON2)ccc1Cl. The number of rotatable bonds is 6. The highest BCUT2D eigenvalue weighted by Crippen LogP contribution is 2.48. The summed E-state index contributed by atoms with van der Waals surface area (Å²) in [6, 6.07) is 17.2. The lowest BCUT2D eigenvalue weighted by Gasteiger charge is -2.28. The number of nitrogens with one attached hydrogen (secondary N) is 3. The second kappa shape index (κ2) is 9.99. The van der Waals surface area contributed by atoms with E-state index in [0.29, 0.717) is 5.56 Å². The van der Waals surface area contributed by atoms with Crippen molar-refractivity contribution in [2.24, 2.45) is 0 Å². The minimum absolute atomic E-state index is 0.0331. The summed E-state index contributed by atoms with van der Waals surface area (Å²) >= 11 is 18.1. The van der Waals surface area contributed by atoms with Crippen LogP contribution >= 0.6 is 34.8 Å². The lowest BCUT2D eigenvalue weighted by Crippen LogP contribution is -2.42. The largest absolute Gasteiger partial charge is 0.428 e. The van der Waals surface area contributed by atoms with Gasteiger partial charge < -0.3 is 0 Å². The van der Waals surface area contributed by atoms with E-state index in [1.54, 1.807) is 0 Å². The van der Waals surface area contributed by atoms with Gasteiger partial charge in [-0.2, -0.15) is 13.2 Å². The van der Waals surface area contributed by atoms with E-state index in [4.69, 9.17) is 39.6 Å². The Bertz CT molecular complexity index is 1270. The Balaban J connectivity index is 1.59. The van der Waals surface area contributed by atoms with E-state index in [1.165, 1.54) is 24.3 Å². The maximum Gasteiger partial charge on any atom is 0.428 e. The third kappa shape index (κ3) is 5.51. The summed E-state index contributed by atoms with van der Waals surface area (Å²) in [5, 5.41) is 0.314. The molecule has 3 aromatic carbocycles. The summed E-state index contributed by atoms with van der Waals surface area (Å²) in [5.41, 5.74) is 5.94. The van der Waals surface area contributed by atoms with Gasteiger partial charge in [0.25, 0.3) is 0 Å². The average Bonchev–Trinajstić information content (AvgIpc) is 3.26. The molecule has 0 bridgehead atoms. The molecular formula is C24H17Cl3F3N3O2. The molecule has 4 rings (SSSR count). The molecule has 0 fully saturated rings. The van der Waals surface area contributed by atoms with Gasteiger partial charge in [0.2, 0.25) is 11.5 Å². The fourth-order valence-electron chi connectivity index (χ4n) is 3.50. The van der Waals surface area contributed by atoms with Crippen molar-refractivity contribution in [3.05, 3.63) is 105 Å². The second-order valence-electron chi connectivity index (χ2n) is 7.68. The fraction of sp³-hybridized carbons (Fsp3) is 0.125. The van der Waals surface area contributed by atoms with Crippen LogP contribution in [0.5, 0.6) is 0 Å². The number of hydrazine groups is 1. The van der Waals surface area contributed by atoms with Crippen LogP contribution in [-0.2, 0) is 21.7 Å². The summed E-state index contributed by atoms with van der Waals surface area (Å²) < 4.78 is 42.6. The molecule has 3 aromatic rings. The van der Waals surface area contributed by atoms with Crippen molar-refractivity contribution in [3.63, 3.8) is 0 Å². The molecular weight excluding hydrogens is 526 g/mol. The summed E-state index contributed by atoms with van der Waals surface area (Å²) in [4.78, 5) is 17.3. The molecule has 0 saturated heterocycles. The van der Waals surface area contributed by atoms with Crippen molar-refractivity contribution < 1.29 is 22.8 Å². The molecule has 0 aliphatic carbocycles. The molecule has 182 valence electrons. The van der Waals surface area contributed by atoms with Gasteiger partial charge in [-0.25, -0.2) is 0 Å². The minimum atomic E-state index is -4.84. The molecule has 0 aromatic heterocycles. The van der Waals surface area contributed by atoms with Crippen LogP contribution in [0.25, 0.3) is 5.70 Å². The first-order chi connectivity index (χ1) is 16.6. The van der Waals surface area contributed by atoms with Crippen LogP contribution in [0.3, 0.4) is 0 Å². The van der Waals surface area contributed by atoms with Gasteiger partial charge >= 0.3 is 6.18 Å². The van der Waals surface area contributed by atoms with Crippen molar-refractivity contribution in [1.29, 1.82) is 0 Å². The first-order valence-electron chi connectivity index (χ1n) is 10.2. The van der Waals surface area contributed by atoms with Gasteiger partial charge in [-0.05, 0) is 42.0 Å². The molecule has 1 unspecified atom stereocenters. The van der Waals surface area contributed by atoms with Crippen LogP contribution in [0.4, 0.5) is 18.9 Å². The van der Waals surface area contributed by atoms with Crippen molar-refractivity contribution >= 4 is 52.1 Å². The number of halogens is 6. The van der Waals surface area contributed by atoms with E-state index in [-0.39, 0.29) is 44.3 Å². The molecule has 0 radical (unpaired) electrons. The third-order valence-electron chi connectivity index (χ3n) is 5.20. The first-order valence-corrected chi connectivity index (χ1v) is 11.3. The number of hydrogen-bond donors (Lipinski definition) is 3. The van der Waals surface area contributed by atoms with Crippen LogP contribution in [0.15, 0.2) is 72.8 Å². The highest BCUT2D eigenvalue weighted by molar-refractivity contribution is 6.34. The van der Waals surface area contributed by atoms with Crippen molar-refractivity contribution in [1.82, 2.24) is 10.9 Å². The van der Waals surface area contributed by atoms with Crippen LogP contribution in [-0.4, -0.2) is 12.1 Å². The summed E-state index contributed by atoms with van der Waals surface area (Å²) in [5.74, 6) is -0.326. The predicted molar refractivity (Wildman–Crippen MR) is 130 cm³/mol. The zero-order valence-electron chi connectivity index (χ0n) is 17.7. The van der Waals surface area contributed by atoms with Gasteiger partial charge in [0.05, 0.1) is 22.8 Å². The Morgan fingerprint density at radius 3 is 2.31 bits per heavy atom. The topological polar surface area (TPSA) is 62.4 Å². The number of hydrogen-bond acceptors (Lipinski definition) is 4. The molecule has 1 atom stereocenters. The number of anilines is 1. The summed E-state index contributed by atoms with van der Waals surface area (Å²) in [7, 11) is 0. The number of hydroxylamine groups is 1. The minimum Gasteiger partial charge on any atom is -0.297 e. The molecule has 0 saturated carbocycles. The highest BCUT2D eigenvalue weighted by Gasteiger charge is 2.59. The molecule has 1 aliphatic heterocycles. The molecule has 1 aliphatic rings. The first kappa shape index (κ1) is 25.2. The van der Waals surface area contributed by atoms with E-state index in [1.807, 2.05) is 30.3 Å². The smallest absolute Gasteiger partial charge is 0.297 e. The third-order valence-corrected chi connectivity index (χ3v) is 5.97. The second-order valence-corrected chi connectivity index (χ2v) is 8.96. The molecule has 11 heteroatoms. The Kier molecular flexibility index (Phi) is 7.19. The number of carbonyl (C=O) groups excluding carboxylic acids is 1. The van der Waals surface area contributed by atoms with E-state index in [2.05, 4.69) is 16.3 Å². The summed E-state index contributed by atoms with van der Waals surface area (Å²) in [6.45, 7) is 0. The molecule has 5 nitrogen and oxygen atoms in total. The monoisotopic (exact) mass is 541 g/mol. The van der Waals surface area contributed by atoms with E-state index < -0.39 is 11.8 Å². The Morgan fingerprint density at radius 2 is 1.66 bits per heavy atom. The van der Waals surface area contributed by atoms with Crippen molar-refractivity contribution in [2.75, 3.05) is 5.43 Å². The van der Waals surface area contributed by atoms with Crippen LogP contribution in [0.2, 0.25) is 15.1 Å². The maximum atomic E-state index is 14.2. The lowest BCUT2D eigenvalue weighted by molar-refractivity contribution is -0.269. The van der Waals surface area contributed by atoms with Crippen LogP contribution in [0, 0.1) is 0 Å². The van der Waals surface area contributed by atoms with Crippen LogP contribution < -0.4 is 16.3 Å². The number of carbonyl (C=O) groups is 1. The fourth-order valence-corrected chi connectivity index (χ4v) is 4.20. The van der Waals surface area contributed by atoms with Gasteiger partial charge in [0.1, 0.15) is 0 Å². The molecule has 1 heterocycles. The zero-order chi connectivity index (χ0) is 25.2. The standard InChI is InChI=1S/C24H17Cl3F3N3O2/c25-17-10-16(11-18(26)12-17)23(24(28,29)30)13-21(33-35-23)15-6-7-19(27)20(9-15)31-32-22(34)8-14-4-2-1-3-5-14/h1-7,9-13,31,33H,8H2,(H,32,34). The Hall–Kier alpha value is -2.91. The molecule has 0 spiro atoms. The van der Waals surface area contributed by atoms with Gasteiger partial charge in [-0.15, -0.1) is 0 Å². The van der Waals surface area contributed by atoms with Crippen LogP contribution in [0.1, 0.15) is 16.7 Å². The maximum absolute atomic E-state index is 14.2. The van der Waals surface area contributed by atoms with E-state index in [9.17, 15) is 18.0 Å². The van der Waals surface area contributed by atoms with Crippen molar-refractivity contribution in [3.8, 4) is 0 Å². The molecule has 3 N–H and O–H groups in total. The number of amides is 1. The zero-order valence-corrected chi connectivity index (χ0v) is 20.0. The highest BCUT2D eigenvalue weighted by atomic mass is 35.5. The van der Waals surface area contributed by atoms with Gasteiger partial charge in [0, 0.05) is 21.2 Å². The Labute approximate surface area is 213 Å². The lowest BCUT2D eigenvalue weighted by atomic mass is 9.91. The normalized spacial score (nSPS) is 17.5.